The van der Waals surface area contributed by atoms with Crippen LogP contribution in [0.2, 0.25) is 0 Å². The number of hydrogen-bond donors (Lipinski definition) is 1. The quantitative estimate of drug-likeness (QED) is 0.758. The summed E-state index contributed by atoms with van der Waals surface area (Å²) in [4.78, 5) is 25.7. The molecule has 1 N–H and O–H groups in total. The largest absolute Gasteiger partial charge is 0.338 e. The third-order valence-corrected chi connectivity index (χ3v) is 5.52. The highest BCUT2D eigenvalue weighted by Gasteiger charge is 2.25. The molecule has 2 heterocycles. The molecule has 8 heteroatoms. The van der Waals surface area contributed by atoms with E-state index in [1.54, 1.807) is 15.5 Å². The van der Waals surface area contributed by atoms with Gasteiger partial charge in [0.1, 0.15) is 9.84 Å². The topological polar surface area (TPSA) is 88.5 Å². The number of hydrogen-bond acceptors (Lipinski definition) is 4. The van der Waals surface area contributed by atoms with E-state index in [1.807, 2.05) is 13.0 Å². The number of amides is 2. The van der Waals surface area contributed by atoms with Crippen LogP contribution in [0.15, 0.2) is 23.0 Å². The SMILES string of the molecule is Cc1cccc(=O)n1CCCNC(=O)N1CCC[C@H](CS(C)(=O)=O)C1. The summed E-state index contributed by atoms with van der Waals surface area (Å²) in [5.41, 5.74) is 0.865. The van der Waals surface area contributed by atoms with E-state index in [9.17, 15) is 18.0 Å². The maximum atomic E-state index is 12.3. The van der Waals surface area contributed by atoms with Gasteiger partial charge in [-0.25, -0.2) is 13.2 Å². The minimum absolute atomic E-state index is 0.0139. The van der Waals surface area contributed by atoms with Crippen molar-refractivity contribution in [3.05, 3.63) is 34.2 Å². The maximum Gasteiger partial charge on any atom is 0.317 e. The summed E-state index contributed by atoms with van der Waals surface area (Å²) in [5.74, 6) is 0.146. The van der Waals surface area contributed by atoms with Crippen LogP contribution < -0.4 is 10.9 Å². The summed E-state index contributed by atoms with van der Waals surface area (Å²) in [6.45, 7) is 4.06. The van der Waals surface area contributed by atoms with E-state index in [-0.39, 0.29) is 23.3 Å². The van der Waals surface area contributed by atoms with E-state index in [4.69, 9.17) is 0 Å². The summed E-state index contributed by atoms with van der Waals surface area (Å²) >= 11 is 0. The number of nitrogens with one attached hydrogen (secondary N) is 1. The van der Waals surface area contributed by atoms with Crippen LogP contribution in [0, 0.1) is 12.8 Å². The molecule has 0 bridgehead atoms. The van der Waals surface area contributed by atoms with Crippen molar-refractivity contribution >= 4 is 15.9 Å². The van der Waals surface area contributed by atoms with Crippen molar-refractivity contribution < 1.29 is 13.2 Å². The van der Waals surface area contributed by atoms with Crippen molar-refractivity contribution in [1.29, 1.82) is 0 Å². The Morgan fingerprint density at radius 1 is 1.36 bits per heavy atom. The van der Waals surface area contributed by atoms with Crippen LogP contribution in [0.5, 0.6) is 0 Å². The van der Waals surface area contributed by atoms with Crippen molar-refractivity contribution in [2.45, 2.75) is 32.7 Å². The van der Waals surface area contributed by atoms with Crippen LogP contribution in [-0.4, -0.2) is 55.6 Å². The monoisotopic (exact) mass is 369 g/mol. The highest BCUT2D eigenvalue weighted by Crippen LogP contribution is 2.18. The molecule has 140 valence electrons. The zero-order valence-corrected chi connectivity index (χ0v) is 15.7. The van der Waals surface area contributed by atoms with Crippen molar-refractivity contribution in [1.82, 2.24) is 14.8 Å². The molecule has 1 aromatic rings. The van der Waals surface area contributed by atoms with Crippen LogP contribution in [0.25, 0.3) is 0 Å². The number of rotatable bonds is 6. The molecule has 25 heavy (non-hydrogen) atoms. The van der Waals surface area contributed by atoms with Crippen LogP contribution in [0.4, 0.5) is 4.79 Å². The van der Waals surface area contributed by atoms with Crippen molar-refractivity contribution in [2.75, 3.05) is 31.6 Å². The molecule has 0 saturated carbocycles. The van der Waals surface area contributed by atoms with E-state index >= 15 is 0 Å². The Morgan fingerprint density at radius 3 is 2.80 bits per heavy atom. The van der Waals surface area contributed by atoms with Gasteiger partial charge in [-0.05, 0) is 38.2 Å². The smallest absolute Gasteiger partial charge is 0.317 e. The summed E-state index contributed by atoms with van der Waals surface area (Å²) in [6, 6.07) is 4.99. The number of carbonyl (C=O) groups is 1. The average molecular weight is 369 g/mol. The fourth-order valence-electron chi connectivity index (χ4n) is 3.27. The average Bonchev–Trinajstić information content (AvgIpc) is 2.52. The molecule has 0 unspecified atom stereocenters. The molecule has 1 aromatic heterocycles. The van der Waals surface area contributed by atoms with Crippen LogP contribution in [-0.2, 0) is 16.4 Å². The first kappa shape index (κ1) is 19.5. The highest BCUT2D eigenvalue weighted by molar-refractivity contribution is 7.90. The van der Waals surface area contributed by atoms with Crippen LogP contribution in [0.3, 0.4) is 0 Å². The van der Waals surface area contributed by atoms with Gasteiger partial charge in [-0.15, -0.1) is 0 Å². The fourth-order valence-corrected chi connectivity index (χ4v) is 4.40. The molecule has 1 fully saturated rings. The fraction of sp³-hybridized carbons (Fsp3) is 0.647. The van der Waals surface area contributed by atoms with E-state index in [0.29, 0.717) is 32.6 Å². The number of aromatic nitrogens is 1. The van der Waals surface area contributed by atoms with Gasteiger partial charge in [-0.1, -0.05) is 6.07 Å². The number of pyridine rings is 1. The number of carbonyl (C=O) groups excluding carboxylic acids is 1. The molecular weight excluding hydrogens is 342 g/mol. The lowest BCUT2D eigenvalue weighted by Crippen LogP contribution is -2.47. The van der Waals surface area contributed by atoms with Crippen molar-refractivity contribution in [3.8, 4) is 0 Å². The molecule has 7 nitrogen and oxygen atoms in total. The predicted molar refractivity (Wildman–Crippen MR) is 97.5 cm³/mol. The third-order valence-electron chi connectivity index (χ3n) is 4.45. The van der Waals surface area contributed by atoms with Gasteiger partial charge in [-0.2, -0.15) is 0 Å². The molecule has 2 amide bonds. The van der Waals surface area contributed by atoms with Crippen molar-refractivity contribution in [3.63, 3.8) is 0 Å². The van der Waals surface area contributed by atoms with E-state index in [1.165, 1.54) is 12.3 Å². The summed E-state index contributed by atoms with van der Waals surface area (Å²) in [7, 11) is -3.02. The second-order valence-electron chi connectivity index (χ2n) is 6.79. The standard InChI is InChI=1S/C17H27N3O4S/c1-14-6-3-8-16(21)20(14)11-5-9-18-17(22)19-10-4-7-15(12-19)13-25(2,23)24/h3,6,8,15H,4-5,7,9-13H2,1-2H3,(H,18,22)/t15-/m0/s1. The van der Waals surface area contributed by atoms with Gasteiger partial charge in [0.15, 0.2) is 0 Å². The number of piperidine rings is 1. The highest BCUT2D eigenvalue weighted by atomic mass is 32.2. The Bertz CT molecular complexity index is 757. The van der Waals surface area contributed by atoms with Gasteiger partial charge in [0, 0.05) is 44.2 Å². The molecule has 1 saturated heterocycles. The number of sulfone groups is 1. The summed E-state index contributed by atoms with van der Waals surface area (Å²) in [5, 5.41) is 2.87. The molecule has 1 aliphatic heterocycles. The minimum Gasteiger partial charge on any atom is -0.338 e. The molecule has 0 aromatic carbocycles. The number of aryl methyl sites for hydroxylation is 1. The minimum atomic E-state index is -3.02. The molecule has 0 radical (unpaired) electrons. The Labute approximate surface area is 148 Å². The molecular formula is C17H27N3O4S. The predicted octanol–water partition coefficient (Wildman–Crippen LogP) is 1.01. The first-order chi connectivity index (χ1) is 11.8. The van der Waals surface area contributed by atoms with Crippen LogP contribution >= 0.6 is 0 Å². The Morgan fingerprint density at radius 2 is 2.12 bits per heavy atom. The Hall–Kier alpha value is -1.83. The number of urea groups is 1. The number of nitrogens with zero attached hydrogens (tertiary/aromatic N) is 2. The molecule has 1 aliphatic rings. The first-order valence-corrected chi connectivity index (χ1v) is 10.7. The zero-order chi connectivity index (χ0) is 18.4. The van der Waals surface area contributed by atoms with Gasteiger partial charge in [0.05, 0.1) is 5.75 Å². The third kappa shape index (κ3) is 6.19. The normalized spacial score (nSPS) is 18.2. The molecule has 1 atom stereocenters. The summed E-state index contributed by atoms with van der Waals surface area (Å²) in [6.07, 6.45) is 3.57. The second kappa shape index (κ2) is 8.51. The van der Waals surface area contributed by atoms with E-state index < -0.39 is 9.84 Å². The van der Waals surface area contributed by atoms with Gasteiger partial charge < -0.3 is 14.8 Å². The first-order valence-electron chi connectivity index (χ1n) is 8.63. The van der Waals surface area contributed by atoms with Gasteiger partial charge in [0.2, 0.25) is 0 Å². The molecule has 0 spiro atoms. The van der Waals surface area contributed by atoms with E-state index in [2.05, 4.69) is 5.32 Å². The van der Waals surface area contributed by atoms with Gasteiger partial charge >= 0.3 is 6.03 Å². The molecule has 2 rings (SSSR count). The maximum absolute atomic E-state index is 12.3. The lowest BCUT2D eigenvalue weighted by molar-refractivity contribution is 0.170. The Kier molecular flexibility index (Phi) is 6.64. The summed E-state index contributed by atoms with van der Waals surface area (Å²) < 4.78 is 24.5. The molecule has 0 aliphatic carbocycles. The Balaban J connectivity index is 1.77. The lowest BCUT2D eigenvalue weighted by Gasteiger charge is -2.32. The van der Waals surface area contributed by atoms with Gasteiger partial charge in [0.25, 0.3) is 5.56 Å². The van der Waals surface area contributed by atoms with E-state index in [0.717, 1.165) is 18.5 Å². The second-order valence-corrected chi connectivity index (χ2v) is 8.97. The zero-order valence-electron chi connectivity index (χ0n) is 14.9. The van der Waals surface area contributed by atoms with Crippen LogP contribution in [0.1, 0.15) is 25.0 Å². The lowest BCUT2D eigenvalue weighted by atomic mass is 10.0. The van der Waals surface area contributed by atoms with Crippen molar-refractivity contribution in [2.24, 2.45) is 5.92 Å². The van der Waals surface area contributed by atoms with Gasteiger partial charge in [-0.3, -0.25) is 4.79 Å². The number of likely N-dealkylation sites (tertiary alicyclic amines) is 1.